The fraction of sp³-hybridized carbons (Fsp3) is 0.188. The fourth-order valence-corrected chi connectivity index (χ4v) is 2.57. The minimum atomic E-state index is -0.465. The Morgan fingerprint density at radius 3 is 2.82 bits per heavy atom. The molecule has 1 aromatic carbocycles. The van der Waals surface area contributed by atoms with E-state index < -0.39 is 5.97 Å². The van der Waals surface area contributed by atoms with Gasteiger partial charge in [-0.05, 0) is 25.1 Å². The number of fused-ring (bicyclic) bond motifs is 3. The number of halogens is 1. The van der Waals surface area contributed by atoms with Crippen LogP contribution in [0.25, 0.3) is 21.7 Å². The van der Waals surface area contributed by atoms with Gasteiger partial charge in [-0.3, -0.25) is 4.98 Å². The average molecular weight is 317 g/mol. The van der Waals surface area contributed by atoms with E-state index in [9.17, 15) is 4.79 Å². The molecule has 0 atom stereocenters. The topological polar surface area (TPSA) is 61.3 Å². The molecule has 5 nitrogen and oxygen atoms in total. The smallest absolute Gasteiger partial charge is 0.340 e. The Labute approximate surface area is 131 Å². The first kappa shape index (κ1) is 14.5. The molecule has 0 amide bonds. The highest BCUT2D eigenvalue weighted by atomic mass is 35.5. The molecule has 3 aromatic rings. The van der Waals surface area contributed by atoms with Gasteiger partial charge < -0.3 is 9.47 Å². The van der Waals surface area contributed by atoms with E-state index in [-0.39, 0.29) is 0 Å². The van der Waals surface area contributed by atoms with Gasteiger partial charge in [-0.1, -0.05) is 11.6 Å². The normalized spacial score (nSPS) is 10.9. The van der Waals surface area contributed by atoms with Crippen molar-refractivity contribution in [3.8, 4) is 5.88 Å². The van der Waals surface area contributed by atoms with Gasteiger partial charge in [0.2, 0.25) is 5.88 Å². The van der Waals surface area contributed by atoms with Gasteiger partial charge in [-0.15, -0.1) is 0 Å². The number of methoxy groups -OCH3 is 1. The lowest BCUT2D eigenvalue weighted by Gasteiger charge is -2.12. The molecule has 3 rings (SSSR count). The zero-order valence-electron chi connectivity index (χ0n) is 12.1. The summed E-state index contributed by atoms with van der Waals surface area (Å²) in [5.41, 5.74) is 1.05. The molecule has 0 saturated heterocycles. The van der Waals surface area contributed by atoms with E-state index in [0.29, 0.717) is 39.4 Å². The second kappa shape index (κ2) is 5.77. The third-order valence-electron chi connectivity index (χ3n) is 3.31. The van der Waals surface area contributed by atoms with E-state index in [1.165, 1.54) is 13.3 Å². The second-order valence-electron chi connectivity index (χ2n) is 4.61. The van der Waals surface area contributed by atoms with Gasteiger partial charge in [0.1, 0.15) is 0 Å². The summed E-state index contributed by atoms with van der Waals surface area (Å²) in [6.07, 6.45) is 3.10. The van der Waals surface area contributed by atoms with E-state index in [2.05, 4.69) is 9.97 Å². The minimum Gasteiger partial charge on any atom is -0.477 e. The number of esters is 1. The molecule has 0 aliphatic heterocycles. The van der Waals surface area contributed by atoms with E-state index in [0.717, 1.165) is 5.39 Å². The Hall–Kier alpha value is -2.40. The third kappa shape index (κ3) is 2.33. The van der Waals surface area contributed by atoms with Gasteiger partial charge in [0, 0.05) is 28.2 Å². The molecule has 2 aromatic heterocycles. The van der Waals surface area contributed by atoms with Crippen molar-refractivity contribution in [3.05, 3.63) is 41.2 Å². The molecule has 0 N–H and O–H groups in total. The number of carbonyl (C=O) groups excluding carboxylic acids is 1. The summed E-state index contributed by atoms with van der Waals surface area (Å²) < 4.78 is 10.4. The molecule has 0 radical (unpaired) electrons. The molecule has 112 valence electrons. The lowest BCUT2D eigenvalue weighted by atomic mass is 10.0. The summed E-state index contributed by atoms with van der Waals surface area (Å²) in [5, 5.41) is 2.65. The van der Waals surface area contributed by atoms with Crippen LogP contribution in [-0.2, 0) is 4.74 Å². The van der Waals surface area contributed by atoms with Crippen molar-refractivity contribution >= 4 is 39.2 Å². The maximum atomic E-state index is 12.1. The van der Waals surface area contributed by atoms with E-state index in [4.69, 9.17) is 21.1 Å². The van der Waals surface area contributed by atoms with Crippen LogP contribution in [0, 0.1) is 0 Å². The molecular weight excluding hydrogens is 304 g/mol. The maximum absolute atomic E-state index is 12.1. The fourth-order valence-electron chi connectivity index (χ4n) is 2.40. The minimum absolute atomic E-state index is 0.357. The predicted molar refractivity (Wildman–Crippen MR) is 84.6 cm³/mol. The predicted octanol–water partition coefficient (Wildman–Crippen LogP) is 3.62. The average Bonchev–Trinajstić information content (AvgIpc) is 2.54. The first-order chi connectivity index (χ1) is 10.7. The van der Waals surface area contributed by atoms with Crippen molar-refractivity contribution in [2.75, 3.05) is 13.7 Å². The Morgan fingerprint density at radius 1 is 1.27 bits per heavy atom. The van der Waals surface area contributed by atoms with Crippen molar-refractivity contribution in [2.45, 2.75) is 6.92 Å². The van der Waals surface area contributed by atoms with Crippen LogP contribution >= 0.6 is 11.6 Å². The SMILES string of the molecule is CCOc1nc2ccc(Cl)cc2c2c(C(=O)OC)cncc12. The van der Waals surface area contributed by atoms with Crippen molar-refractivity contribution < 1.29 is 14.3 Å². The number of ether oxygens (including phenoxy) is 2. The quantitative estimate of drug-likeness (QED) is 0.545. The van der Waals surface area contributed by atoms with Crippen LogP contribution in [0.4, 0.5) is 0 Å². The van der Waals surface area contributed by atoms with Crippen molar-refractivity contribution in [2.24, 2.45) is 0 Å². The van der Waals surface area contributed by atoms with Crippen molar-refractivity contribution in [3.63, 3.8) is 0 Å². The first-order valence-corrected chi connectivity index (χ1v) is 7.11. The molecule has 0 unspecified atom stereocenters. The van der Waals surface area contributed by atoms with Crippen LogP contribution < -0.4 is 4.74 Å². The molecular formula is C16H13ClN2O3. The van der Waals surface area contributed by atoms with Gasteiger partial charge in [0.25, 0.3) is 0 Å². The van der Waals surface area contributed by atoms with E-state index in [1.54, 1.807) is 24.4 Å². The number of rotatable bonds is 3. The number of aromatic nitrogens is 2. The highest BCUT2D eigenvalue weighted by Gasteiger charge is 2.18. The molecule has 22 heavy (non-hydrogen) atoms. The van der Waals surface area contributed by atoms with Crippen LogP contribution in [0.3, 0.4) is 0 Å². The summed E-state index contributed by atoms with van der Waals surface area (Å²) >= 11 is 6.09. The molecule has 0 bridgehead atoms. The summed E-state index contributed by atoms with van der Waals surface area (Å²) in [4.78, 5) is 20.7. The van der Waals surface area contributed by atoms with E-state index >= 15 is 0 Å². The summed E-state index contributed by atoms with van der Waals surface area (Å²) in [6, 6.07) is 5.31. The first-order valence-electron chi connectivity index (χ1n) is 6.73. The lowest BCUT2D eigenvalue weighted by molar-refractivity contribution is 0.0602. The third-order valence-corrected chi connectivity index (χ3v) is 3.55. The maximum Gasteiger partial charge on any atom is 0.340 e. The van der Waals surface area contributed by atoms with Crippen LogP contribution in [0.2, 0.25) is 5.02 Å². The number of carbonyl (C=O) groups is 1. The lowest BCUT2D eigenvalue weighted by Crippen LogP contribution is -2.05. The number of pyridine rings is 2. The van der Waals surface area contributed by atoms with Crippen LogP contribution in [0.15, 0.2) is 30.6 Å². The molecule has 0 fully saturated rings. The number of nitrogens with zero attached hydrogens (tertiary/aromatic N) is 2. The zero-order valence-corrected chi connectivity index (χ0v) is 12.8. The van der Waals surface area contributed by atoms with Gasteiger partial charge in [-0.2, -0.15) is 0 Å². The molecule has 0 spiro atoms. The molecule has 0 saturated carbocycles. The second-order valence-corrected chi connectivity index (χ2v) is 5.05. The number of benzene rings is 1. The Balaban J connectivity index is 2.50. The molecule has 0 aliphatic rings. The standard InChI is InChI=1S/C16H13ClN2O3/c1-3-22-15-11-7-18-8-12(16(20)21-2)14(11)10-6-9(17)4-5-13(10)19-15/h4-8H,3H2,1-2H3. The Kier molecular flexibility index (Phi) is 3.81. The zero-order chi connectivity index (χ0) is 15.7. The van der Waals surface area contributed by atoms with Gasteiger partial charge >= 0.3 is 5.97 Å². The Bertz CT molecular complexity index is 880. The van der Waals surface area contributed by atoms with Crippen molar-refractivity contribution in [1.29, 1.82) is 0 Å². The number of hydrogen-bond acceptors (Lipinski definition) is 5. The van der Waals surface area contributed by atoms with E-state index in [1.807, 2.05) is 6.92 Å². The summed E-state index contributed by atoms with van der Waals surface area (Å²) in [7, 11) is 1.33. The van der Waals surface area contributed by atoms with Gasteiger partial charge in [-0.25, -0.2) is 9.78 Å². The van der Waals surface area contributed by atoms with Crippen LogP contribution in [-0.4, -0.2) is 29.7 Å². The monoisotopic (exact) mass is 316 g/mol. The molecule has 2 heterocycles. The highest BCUT2D eigenvalue weighted by molar-refractivity contribution is 6.32. The van der Waals surface area contributed by atoms with Gasteiger partial charge in [0.05, 0.1) is 30.2 Å². The summed E-state index contributed by atoms with van der Waals surface area (Å²) in [5.74, 6) is -0.0291. The number of hydrogen-bond donors (Lipinski definition) is 0. The van der Waals surface area contributed by atoms with Gasteiger partial charge in [0.15, 0.2) is 0 Å². The largest absolute Gasteiger partial charge is 0.477 e. The summed E-state index contributed by atoms with van der Waals surface area (Å²) in [6.45, 7) is 2.33. The van der Waals surface area contributed by atoms with Crippen LogP contribution in [0.5, 0.6) is 5.88 Å². The van der Waals surface area contributed by atoms with Crippen LogP contribution in [0.1, 0.15) is 17.3 Å². The molecule has 6 heteroatoms. The highest BCUT2D eigenvalue weighted by Crippen LogP contribution is 2.34. The molecule has 0 aliphatic carbocycles. The van der Waals surface area contributed by atoms with Crippen molar-refractivity contribution in [1.82, 2.24) is 9.97 Å². The Morgan fingerprint density at radius 2 is 2.09 bits per heavy atom.